The minimum Gasteiger partial charge on any atom is -0.350 e. The van der Waals surface area contributed by atoms with Crippen LogP contribution >= 0.6 is 23.4 Å². The zero-order chi connectivity index (χ0) is 21.1. The Balaban J connectivity index is 1.61. The first-order valence-corrected chi connectivity index (χ1v) is 11.1. The Bertz CT molecular complexity index is 1170. The van der Waals surface area contributed by atoms with Crippen molar-refractivity contribution in [2.45, 2.75) is 29.6 Å². The number of aromatic amines is 1. The predicted molar refractivity (Wildman–Crippen MR) is 126 cm³/mol. The second-order valence-electron chi connectivity index (χ2n) is 7.46. The van der Waals surface area contributed by atoms with Crippen molar-refractivity contribution in [3.63, 3.8) is 0 Å². The molecule has 0 aliphatic carbocycles. The van der Waals surface area contributed by atoms with E-state index in [0.717, 1.165) is 26.3 Å². The highest BCUT2D eigenvalue weighted by Crippen LogP contribution is 2.37. The Morgan fingerprint density at radius 2 is 1.80 bits per heavy atom. The van der Waals surface area contributed by atoms with E-state index >= 15 is 0 Å². The lowest BCUT2D eigenvalue weighted by Gasteiger charge is -2.13. The molecule has 4 aromatic rings. The highest BCUT2D eigenvalue weighted by Gasteiger charge is 2.20. The third kappa shape index (κ3) is 4.55. The predicted octanol–water partition coefficient (Wildman–Crippen LogP) is 6.81. The van der Waals surface area contributed by atoms with E-state index < -0.39 is 0 Å². The smallest absolute Gasteiger partial charge is 0.268 e. The number of fused-ring (bicyclic) bond motifs is 1. The van der Waals surface area contributed by atoms with E-state index in [4.69, 9.17) is 11.6 Å². The van der Waals surface area contributed by atoms with Crippen molar-refractivity contribution in [2.24, 2.45) is 0 Å². The van der Waals surface area contributed by atoms with Crippen molar-refractivity contribution in [1.29, 1.82) is 0 Å². The SMILES string of the molecule is Cc1ccc2c(Sc3ccc(Cl)cc3)c(C(=O)NCC(C)c3ccccc3)[nH]c2c1. The van der Waals surface area contributed by atoms with E-state index in [-0.39, 0.29) is 11.8 Å². The van der Waals surface area contributed by atoms with Gasteiger partial charge >= 0.3 is 0 Å². The van der Waals surface area contributed by atoms with Crippen molar-refractivity contribution in [3.8, 4) is 0 Å². The van der Waals surface area contributed by atoms with Gasteiger partial charge in [-0.2, -0.15) is 0 Å². The van der Waals surface area contributed by atoms with Crippen LogP contribution in [0.2, 0.25) is 5.02 Å². The van der Waals surface area contributed by atoms with Crippen molar-refractivity contribution in [2.75, 3.05) is 6.54 Å². The summed E-state index contributed by atoms with van der Waals surface area (Å²) < 4.78 is 0. The van der Waals surface area contributed by atoms with Gasteiger partial charge in [-0.3, -0.25) is 4.79 Å². The maximum Gasteiger partial charge on any atom is 0.268 e. The average Bonchev–Trinajstić information content (AvgIpc) is 3.11. The lowest BCUT2D eigenvalue weighted by atomic mass is 10.0. The molecule has 30 heavy (non-hydrogen) atoms. The minimum atomic E-state index is -0.0944. The molecule has 1 amide bonds. The second kappa shape index (κ2) is 8.99. The Labute approximate surface area is 185 Å². The molecule has 0 saturated heterocycles. The van der Waals surface area contributed by atoms with Gasteiger partial charge in [-0.15, -0.1) is 0 Å². The molecule has 3 nitrogen and oxygen atoms in total. The first kappa shape index (κ1) is 20.6. The molecule has 3 aromatic carbocycles. The topological polar surface area (TPSA) is 44.9 Å². The lowest BCUT2D eigenvalue weighted by Crippen LogP contribution is -2.28. The number of halogens is 1. The quantitative estimate of drug-likeness (QED) is 0.350. The molecule has 152 valence electrons. The molecule has 1 aromatic heterocycles. The standard InChI is InChI=1S/C25H23ClN2OS/c1-16-8-13-21-22(14-16)28-23(24(21)30-20-11-9-19(26)10-12-20)25(29)27-15-17(2)18-6-4-3-5-7-18/h3-14,17,28H,15H2,1-2H3,(H,27,29). The summed E-state index contributed by atoms with van der Waals surface area (Å²) in [6, 6.07) is 24.1. The number of nitrogens with one attached hydrogen (secondary N) is 2. The normalized spacial score (nSPS) is 12.1. The number of amides is 1. The zero-order valence-electron chi connectivity index (χ0n) is 16.9. The molecule has 0 aliphatic heterocycles. The first-order valence-electron chi connectivity index (χ1n) is 9.90. The molecule has 0 fully saturated rings. The molecular weight excluding hydrogens is 412 g/mol. The van der Waals surface area contributed by atoms with Gasteiger partial charge in [-0.25, -0.2) is 0 Å². The van der Waals surface area contributed by atoms with Crippen LogP contribution in [0, 0.1) is 6.92 Å². The van der Waals surface area contributed by atoms with Gasteiger partial charge in [0.05, 0.1) is 4.90 Å². The maximum atomic E-state index is 13.1. The fourth-order valence-corrected chi connectivity index (χ4v) is 4.57. The van der Waals surface area contributed by atoms with Crippen LogP contribution in [-0.4, -0.2) is 17.4 Å². The van der Waals surface area contributed by atoms with E-state index in [0.29, 0.717) is 17.3 Å². The van der Waals surface area contributed by atoms with E-state index in [1.807, 2.05) is 49.4 Å². The molecule has 1 heterocycles. The van der Waals surface area contributed by atoms with Gasteiger partial charge in [0, 0.05) is 27.4 Å². The minimum absolute atomic E-state index is 0.0944. The van der Waals surface area contributed by atoms with Crippen LogP contribution in [0.3, 0.4) is 0 Å². The fraction of sp³-hybridized carbons (Fsp3) is 0.160. The van der Waals surface area contributed by atoms with Gasteiger partial charge in [0.25, 0.3) is 5.91 Å². The lowest BCUT2D eigenvalue weighted by molar-refractivity contribution is 0.0944. The number of benzene rings is 3. The van der Waals surface area contributed by atoms with Gasteiger partial charge in [0.15, 0.2) is 0 Å². The van der Waals surface area contributed by atoms with Crippen molar-refractivity contribution in [1.82, 2.24) is 10.3 Å². The second-order valence-corrected chi connectivity index (χ2v) is 8.98. The third-order valence-corrected chi connectivity index (χ3v) is 6.49. The Morgan fingerprint density at radius 3 is 2.53 bits per heavy atom. The van der Waals surface area contributed by atoms with E-state index in [2.05, 4.69) is 47.6 Å². The molecular formula is C25H23ClN2OS. The summed E-state index contributed by atoms with van der Waals surface area (Å²) in [4.78, 5) is 18.4. The molecule has 0 spiro atoms. The number of hydrogen-bond acceptors (Lipinski definition) is 2. The Morgan fingerprint density at radius 1 is 1.07 bits per heavy atom. The van der Waals surface area contributed by atoms with Crippen molar-refractivity contribution in [3.05, 3.63) is 94.6 Å². The summed E-state index contributed by atoms with van der Waals surface area (Å²) in [6.07, 6.45) is 0. The molecule has 0 bridgehead atoms. The van der Waals surface area contributed by atoms with E-state index in [9.17, 15) is 4.79 Å². The average molecular weight is 435 g/mol. The van der Waals surface area contributed by atoms with Crippen LogP contribution in [0.4, 0.5) is 0 Å². The zero-order valence-corrected chi connectivity index (χ0v) is 18.5. The third-order valence-electron chi connectivity index (χ3n) is 5.10. The van der Waals surface area contributed by atoms with Gasteiger partial charge in [0.1, 0.15) is 5.69 Å². The van der Waals surface area contributed by atoms with E-state index in [1.165, 1.54) is 5.56 Å². The molecule has 0 saturated carbocycles. The number of hydrogen-bond donors (Lipinski definition) is 2. The molecule has 1 unspecified atom stereocenters. The van der Waals surface area contributed by atoms with Crippen LogP contribution in [0.1, 0.15) is 34.5 Å². The van der Waals surface area contributed by atoms with Crippen LogP contribution in [0.5, 0.6) is 0 Å². The molecule has 4 rings (SSSR count). The molecule has 5 heteroatoms. The van der Waals surface area contributed by atoms with E-state index in [1.54, 1.807) is 11.8 Å². The number of carbonyl (C=O) groups excluding carboxylic acids is 1. The summed E-state index contributed by atoms with van der Waals surface area (Å²) in [5.41, 5.74) is 3.92. The summed E-state index contributed by atoms with van der Waals surface area (Å²) in [7, 11) is 0. The monoisotopic (exact) mass is 434 g/mol. The summed E-state index contributed by atoms with van der Waals surface area (Å²) in [5.74, 6) is 0.136. The summed E-state index contributed by atoms with van der Waals surface area (Å²) in [5, 5.41) is 4.84. The first-order chi connectivity index (χ1) is 14.5. The van der Waals surface area contributed by atoms with Crippen LogP contribution in [0.25, 0.3) is 10.9 Å². The van der Waals surface area contributed by atoms with Crippen molar-refractivity contribution < 1.29 is 4.79 Å². The van der Waals surface area contributed by atoms with Crippen LogP contribution in [0.15, 0.2) is 82.6 Å². The van der Waals surface area contributed by atoms with Crippen LogP contribution in [-0.2, 0) is 0 Å². The fourth-order valence-electron chi connectivity index (χ4n) is 3.41. The van der Waals surface area contributed by atoms with Crippen LogP contribution < -0.4 is 5.32 Å². The molecule has 0 aliphatic rings. The Hall–Kier alpha value is -2.69. The number of H-pyrrole nitrogens is 1. The molecule has 2 N–H and O–H groups in total. The van der Waals surface area contributed by atoms with Gasteiger partial charge in [0.2, 0.25) is 0 Å². The Kier molecular flexibility index (Phi) is 6.16. The number of rotatable bonds is 6. The number of carbonyl (C=O) groups is 1. The largest absolute Gasteiger partial charge is 0.350 e. The van der Waals surface area contributed by atoms with Gasteiger partial charge in [-0.05, 0) is 54.3 Å². The van der Waals surface area contributed by atoms with Crippen molar-refractivity contribution >= 4 is 40.2 Å². The van der Waals surface area contributed by atoms with Gasteiger partial charge < -0.3 is 10.3 Å². The highest BCUT2D eigenvalue weighted by molar-refractivity contribution is 7.99. The number of aromatic nitrogens is 1. The summed E-state index contributed by atoms with van der Waals surface area (Å²) >= 11 is 7.60. The highest BCUT2D eigenvalue weighted by atomic mass is 35.5. The number of aryl methyl sites for hydroxylation is 1. The molecule has 0 radical (unpaired) electrons. The maximum absolute atomic E-state index is 13.1. The molecule has 1 atom stereocenters. The van der Waals surface area contributed by atoms with Gasteiger partial charge in [-0.1, -0.05) is 72.8 Å². The summed E-state index contributed by atoms with van der Waals surface area (Å²) in [6.45, 7) is 4.74.